The Morgan fingerprint density at radius 2 is 1.86 bits per heavy atom. The van der Waals surface area contributed by atoms with Crippen LogP contribution in [0.2, 0.25) is 0 Å². The molecule has 1 atom stereocenters. The topological polar surface area (TPSA) is 71.4 Å². The van der Waals surface area contributed by atoms with E-state index in [0.29, 0.717) is 47.4 Å². The molecule has 3 aromatic rings. The SMILES string of the molecule is COc1ccc2c(c1)C(N1CCN(S(=O)(=O)c3ccc(C)c(F)c3)[C@@H](C)C1)=Nc1ccccc1O2. The van der Waals surface area contributed by atoms with Gasteiger partial charge >= 0.3 is 0 Å². The third-order valence-corrected chi connectivity index (χ3v) is 8.36. The molecular weight excluding hydrogens is 469 g/mol. The van der Waals surface area contributed by atoms with E-state index in [1.54, 1.807) is 14.0 Å². The Hall–Kier alpha value is -3.43. The molecule has 0 aromatic heterocycles. The first-order chi connectivity index (χ1) is 16.8. The molecule has 0 N–H and O–H groups in total. The van der Waals surface area contributed by atoms with Gasteiger partial charge in [-0.25, -0.2) is 17.8 Å². The van der Waals surface area contributed by atoms with E-state index in [0.717, 1.165) is 11.6 Å². The first-order valence-electron chi connectivity index (χ1n) is 11.3. The Morgan fingerprint density at radius 1 is 1.06 bits per heavy atom. The van der Waals surface area contributed by atoms with E-state index in [2.05, 4.69) is 4.90 Å². The molecule has 0 amide bonds. The highest BCUT2D eigenvalue weighted by atomic mass is 32.2. The summed E-state index contributed by atoms with van der Waals surface area (Å²) in [5, 5.41) is 0. The monoisotopic (exact) mass is 495 g/mol. The highest BCUT2D eigenvalue weighted by Crippen LogP contribution is 2.39. The van der Waals surface area contributed by atoms with Crippen molar-refractivity contribution in [2.24, 2.45) is 4.99 Å². The van der Waals surface area contributed by atoms with Crippen molar-refractivity contribution in [2.45, 2.75) is 24.8 Å². The van der Waals surface area contributed by atoms with E-state index in [1.165, 1.54) is 16.4 Å². The number of aryl methyl sites for hydroxylation is 1. The summed E-state index contributed by atoms with van der Waals surface area (Å²) >= 11 is 0. The second-order valence-corrected chi connectivity index (χ2v) is 10.6. The highest BCUT2D eigenvalue weighted by molar-refractivity contribution is 7.89. The minimum absolute atomic E-state index is 0.0369. The fraction of sp³-hybridized carbons (Fsp3) is 0.269. The fourth-order valence-corrected chi connectivity index (χ4v) is 6.05. The number of amidine groups is 1. The van der Waals surface area contributed by atoms with Crippen molar-refractivity contribution in [1.29, 1.82) is 0 Å². The van der Waals surface area contributed by atoms with Crippen LogP contribution in [0.25, 0.3) is 0 Å². The van der Waals surface area contributed by atoms with Gasteiger partial charge in [-0.15, -0.1) is 0 Å². The highest BCUT2D eigenvalue weighted by Gasteiger charge is 2.36. The Morgan fingerprint density at radius 3 is 2.60 bits per heavy atom. The zero-order valence-corrected chi connectivity index (χ0v) is 20.5. The van der Waals surface area contributed by atoms with Crippen LogP contribution in [0.4, 0.5) is 10.1 Å². The number of halogens is 1. The van der Waals surface area contributed by atoms with Crippen LogP contribution in [-0.2, 0) is 10.0 Å². The second-order valence-electron chi connectivity index (χ2n) is 8.69. The molecule has 3 aromatic carbocycles. The predicted molar refractivity (Wildman–Crippen MR) is 132 cm³/mol. The molecular formula is C26H26FN3O4S. The summed E-state index contributed by atoms with van der Waals surface area (Å²) in [6.45, 7) is 4.51. The molecule has 0 bridgehead atoms. The number of aliphatic imine (C=N–C) groups is 1. The van der Waals surface area contributed by atoms with E-state index in [9.17, 15) is 12.8 Å². The third kappa shape index (κ3) is 4.26. The van der Waals surface area contributed by atoms with Crippen LogP contribution < -0.4 is 9.47 Å². The van der Waals surface area contributed by atoms with Crippen LogP contribution in [0.1, 0.15) is 18.1 Å². The Labute approximate surface area is 204 Å². The normalized spacial score (nSPS) is 18.1. The largest absolute Gasteiger partial charge is 0.497 e. The number of fused-ring (bicyclic) bond motifs is 2. The molecule has 1 fully saturated rings. The number of sulfonamides is 1. The number of hydrogen-bond acceptors (Lipinski definition) is 6. The zero-order valence-electron chi connectivity index (χ0n) is 19.7. The average Bonchev–Trinajstić information content (AvgIpc) is 3.01. The number of para-hydroxylation sites is 2. The summed E-state index contributed by atoms with van der Waals surface area (Å²) in [6, 6.07) is 16.8. The summed E-state index contributed by atoms with van der Waals surface area (Å²) in [4.78, 5) is 6.95. The Bertz CT molecular complexity index is 1420. The summed E-state index contributed by atoms with van der Waals surface area (Å²) in [5.74, 6) is 2.11. The molecule has 2 aliphatic rings. The first kappa shape index (κ1) is 23.3. The molecule has 2 aliphatic heterocycles. The summed E-state index contributed by atoms with van der Waals surface area (Å²) in [5.41, 5.74) is 1.87. The van der Waals surface area contributed by atoms with Gasteiger partial charge < -0.3 is 14.4 Å². The van der Waals surface area contributed by atoms with Crippen molar-refractivity contribution in [3.8, 4) is 17.2 Å². The maximum atomic E-state index is 14.1. The van der Waals surface area contributed by atoms with Crippen molar-refractivity contribution >= 4 is 21.5 Å². The molecule has 5 rings (SSSR count). The lowest BCUT2D eigenvalue weighted by molar-refractivity contribution is 0.205. The molecule has 182 valence electrons. The lowest BCUT2D eigenvalue weighted by atomic mass is 10.1. The number of methoxy groups -OCH3 is 1. The lowest BCUT2D eigenvalue weighted by Crippen LogP contribution is -2.55. The first-order valence-corrected chi connectivity index (χ1v) is 12.8. The average molecular weight is 496 g/mol. The quantitative estimate of drug-likeness (QED) is 0.526. The van der Waals surface area contributed by atoms with Gasteiger partial charge in [0.1, 0.15) is 28.8 Å². The van der Waals surface area contributed by atoms with Crippen LogP contribution in [0.3, 0.4) is 0 Å². The number of hydrogen-bond donors (Lipinski definition) is 0. The van der Waals surface area contributed by atoms with Gasteiger partial charge in [0.2, 0.25) is 10.0 Å². The van der Waals surface area contributed by atoms with Crippen LogP contribution in [0, 0.1) is 12.7 Å². The Kier molecular flexibility index (Phi) is 5.98. The number of piperazine rings is 1. The molecule has 2 heterocycles. The minimum atomic E-state index is -3.85. The van der Waals surface area contributed by atoms with E-state index in [1.807, 2.05) is 49.4 Å². The molecule has 0 unspecified atom stereocenters. The molecule has 7 nitrogen and oxygen atoms in total. The molecule has 0 aliphatic carbocycles. The van der Waals surface area contributed by atoms with Gasteiger partial charge in [-0.3, -0.25) is 0 Å². The van der Waals surface area contributed by atoms with E-state index >= 15 is 0 Å². The Balaban J connectivity index is 1.49. The van der Waals surface area contributed by atoms with Gasteiger partial charge in [-0.1, -0.05) is 18.2 Å². The summed E-state index contributed by atoms with van der Waals surface area (Å²) in [6.07, 6.45) is 0. The van der Waals surface area contributed by atoms with Crippen molar-refractivity contribution in [1.82, 2.24) is 9.21 Å². The molecule has 0 spiro atoms. The van der Waals surface area contributed by atoms with Crippen LogP contribution in [0.5, 0.6) is 17.2 Å². The standard InChI is InChI=1S/C26H26FN3O4S/c1-17-8-10-20(15-22(17)27)35(31,32)30-13-12-29(16-18(30)2)26-21-14-19(33-3)9-11-24(21)34-25-7-5-4-6-23(25)28-26/h4-11,14-15,18H,12-13,16H2,1-3H3/t18-/m0/s1. The van der Waals surface area contributed by atoms with E-state index in [-0.39, 0.29) is 17.5 Å². The van der Waals surface area contributed by atoms with E-state index < -0.39 is 15.8 Å². The van der Waals surface area contributed by atoms with Crippen LogP contribution >= 0.6 is 0 Å². The van der Waals surface area contributed by atoms with Gasteiger partial charge in [-0.05, 0) is 61.9 Å². The molecule has 1 saturated heterocycles. The summed E-state index contributed by atoms with van der Waals surface area (Å²) in [7, 11) is -2.25. The van der Waals surface area contributed by atoms with Crippen molar-refractivity contribution < 1.29 is 22.3 Å². The third-order valence-electron chi connectivity index (χ3n) is 6.36. The van der Waals surface area contributed by atoms with Gasteiger partial charge in [-0.2, -0.15) is 4.31 Å². The van der Waals surface area contributed by atoms with Gasteiger partial charge in [0, 0.05) is 25.7 Å². The number of ether oxygens (including phenoxy) is 2. The van der Waals surface area contributed by atoms with Crippen LogP contribution in [0.15, 0.2) is 70.6 Å². The molecule has 0 saturated carbocycles. The van der Waals surface area contributed by atoms with Gasteiger partial charge in [0.15, 0.2) is 5.75 Å². The number of benzene rings is 3. The maximum Gasteiger partial charge on any atom is 0.243 e. The molecule has 35 heavy (non-hydrogen) atoms. The second kappa shape index (κ2) is 8.98. The van der Waals surface area contributed by atoms with Gasteiger partial charge in [0.05, 0.1) is 17.6 Å². The number of nitrogens with zero attached hydrogens (tertiary/aromatic N) is 3. The van der Waals surface area contributed by atoms with Crippen molar-refractivity contribution in [2.75, 3.05) is 26.7 Å². The van der Waals surface area contributed by atoms with E-state index in [4.69, 9.17) is 14.5 Å². The fourth-order valence-electron chi connectivity index (χ4n) is 4.43. The molecule has 9 heteroatoms. The van der Waals surface area contributed by atoms with Crippen molar-refractivity contribution in [3.05, 3.63) is 77.6 Å². The van der Waals surface area contributed by atoms with Crippen LogP contribution in [-0.4, -0.2) is 56.2 Å². The lowest BCUT2D eigenvalue weighted by Gasteiger charge is -2.40. The minimum Gasteiger partial charge on any atom is -0.497 e. The van der Waals surface area contributed by atoms with Gasteiger partial charge in [0.25, 0.3) is 0 Å². The summed E-state index contributed by atoms with van der Waals surface area (Å²) < 4.78 is 53.8. The number of rotatable bonds is 3. The zero-order chi connectivity index (χ0) is 24.7. The smallest absolute Gasteiger partial charge is 0.243 e. The maximum absolute atomic E-state index is 14.1. The molecule has 0 radical (unpaired) electrons. The predicted octanol–water partition coefficient (Wildman–Crippen LogP) is 4.72. The van der Waals surface area contributed by atoms with Crippen molar-refractivity contribution in [3.63, 3.8) is 0 Å².